The highest BCUT2D eigenvalue weighted by Gasteiger charge is 2.25. The molecule has 34 heavy (non-hydrogen) atoms. The molecular weight excluding hydrogens is 430 g/mol. The van der Waals surface area contributed by atoms with E-state index in [1.54, 1.807) is 29.4 Å². The topological polar surface area (TPSA) is 94.1 Å². The lowest BCUT2D eigenvalue weighted by atomic mass is 10.1. The smallest absolute Gasteiger partial charge is 0.259 e. The van der Waals surface area contributed by atoms with Gasteiger partial charge >= 0.3 is 0 Å². The van der Waals surface area contributed by atoms with Gasteiger partial charge in [-0.25, -0.2) is 0 Å². The molecule has 0 bridgehead atoms. The van der Waals surface area contributed by atoms with Crippen LogP contribution < -0.4 is 10.5 Å². The first-order valence-electron chi connectivity index (χ1n) is 10.9. The highest BCUT2D eigenvalue weighted by Crippen LogP contribution is 2.30. The van der Waals surface area contributed by atoms with Crippen molar-refractivity contribution in [3.05, 3.63) is 95.0 Å². The van der Waals surface area contributed by atoms with Gasteiger partial charge in [0.05, 0.1) is 11.1 Å². The lowest BCUT2D eigenvalue weighted by Crippen LogP contribution is -2.35. The van der Waals surface area contributed by atoms with Crippen molar-refractivity contribution in [3.8, 4) is 22.8 Å². The third-order valence-electron chi connectivity index (χ3n) is 6.10. The molecule has 6 rings (SSSR count). The number of hydrogen-bond acceptors (Lipinski definition) is 6. The number of para-hydroxylation sites is 2. The van der Waals surface area contributed by atoms with Gasteiger partial charge in [0.15, 0.2) is 0 Å². The summed E-state index contributed by atoms with van der Waals surface area (Å²) in [6, 6.07) is 20.3. The van der Waals surface area contributed by atoms with Crippen molar-refractivity contribution in [2.75, 3.05) is 11.4 Å². The zero-order valence-electron chi connectivity index (χ0n) is 18.1. The second kappa shape index (κ2) is 8.08. The first kappa shape index (κ1) is 20.0. The van der Waals surface area contributed by atoms with Crippen LogP contribution >= 0.6 is 0 Å². The van der Waals surface area contributed by atoms with Crippen LogP contribution in [0.4, 0.5) is 5.69 Å². The number of nitrogens with zero attached hydrogens (tertiary/aromatic N) is 5. The molecule has 3 aromatic heterocycles. The van der Waals surface area contributed by atoms with Crippen molar-refractivity contribution in [2.45, 2.75) is 13.0 Å². The van der Waals surface area contributed by atoms with Gasteiger partial charge in [-0.05, 0) is 36.2 Å². The highest BCUT2D eigenvalue weighted by molar-refractivity contribution is 5.97. The van der Waals surface area contributed by atoms with Crippen LogP contribution in [0.1, 0.15) is 5.56 Å². The van der Waals surface area contributed by atoms with E-state index < -0.39 is 0 Å². The molecule has 0 atom stereocenters. The summed E-state index contributed by atoms with van der Waals surface area (Å²) in [5.41, 5.74) is 3.68. The predicted molar refractivity (Wildman–Crippen MR) is 127 cm³/mol. The molecule has 1 aliphatic rings. The standard InChI is InChI=1S/C26H19N5O3/c32-23-15-20(26-28-25(29-34-26)18-9-12-27-13-10-18)19-6-2-4-8-22(19)31(23)16-24(33)30-14-11-17-5-1-3-7-21(17)30/h1-10,12-13,15H,11,14,16H2. The molecule has 0 saturated carbocycles. The third-order valence-corrected chi connectivity index (χ3v) is 6.10. The zero-order valence-corrected chi connectivity index (χ0v) is 18.1. The molecule has 1 amide bonds. The molecule has 2 aromatic carbocycles. The molecule has 1 aliphatic heterocycles. The minimum Gasteiger partial charge on any atom is -0.334 e. The fourth-order valence-corrected chi connectivity index (χ4v) is 4.44. The summed E-state index contributed by atoms with van der Waals surface area (Å²) in [4.78, 5) is 36.6. The van der Waals surface area contributed by atoms with E-state index in [0.717, 1.165) is 28.6 Å². The van der Waals surface area contributed by atoms with Gasteiger partial charge in [0.1, 0.15) is 6.54 Å². The van der Waals surface area contributed by atoms with Crippen molar-refractivity contribution >= 4 is 22.5 Å². The van der Waals surface area contributed by atoms with Crippen LogP contribution in [0.3, 0.4) is 0 Å². The number of fused-ring (bicyclic) bond motifs is 2. The molecule has 0 fully saturated rings. The molecule has 166 valence electrons. The number of aromatic nitrogens is 4. The third kappa shape index (κ3) is 3.36. The largest absolute Gasteiger partial charge is 0.334 e. The van der Waals surface area contributed by atoms with Crippen molar-refractivity contribution in [1.82, 2.24) is 19.7 Å². The Balaban J connectivity index is 1.39. The van der Waals surface area contributed by atoms with Crippen molar-refractivity contribution < 1.29 is 9.32 Å². The van der Waals surface area contributed by atoms with Gasteiger partial charge in [0.2, 0.25) is 11.7 Å². The monoisotopic (exact) mass is 449 g/mol. The number of carbonyl (C=O) groups is 1. The van der Waals surface area contributed by atoms with Crippen LogP contribution in [0.5, 0.6) is 0 Å². The number of anilines is 1. The molecule has 8 heteroatoms. The number of benzene rings is 2. The quantitative estimate of drug-likeness (QED) is 0.415. The average Bonchev–Trinajstić information content (AvgIpc) is 3.54. The molecule has 5 aromatic rings. The van der Waals surface area contributed by atoms with Gasteiger partial charge in [-0.2, -0.15) is 4.98 Å². The van der Waals surface area contributed by atoms with Crippen LogP contribution in [0, 0.1) is 0 Å². The highest BCUT2D eigenvalue weighted by atomic mass is 16.5. The van der Waals surface area contributed by atoms with E-state index in [-0.39, 0.29) is 23.9 Å². The van der Waals surface area contributed by atoms with E-state index in [0.29, 0.717) is 23.4 Å². The summed E-state index contributed by atoms with van der Waals surface area (Å²) in [7, 11) is 0. The summed E-state index contributed by atoms with van der Waals surface area (Å²) < 4.78 is 7.01. The molecule has 8 nitrogen and oxygen atoms in total. The average molecular weight is 449 g/mol. The number of carbonyl (C=O) groups excluding carboxylic acids is 1. The molecule has 0 spiro atoms. The van der Waals surface area contributed by atoms with Crippen LogP contribution in [-0.4, -0.2) is 32.1 Å². The van der Waals surface area contributed by atoms with Crippen molar-refractivity contribution in [2.24, 2.45) is 0 Å². The summed E-state index contributed by atoms with van der Waals surface area (Å²) in [6.45, 7) is 0.558. The van der Waals surface area contributed by atoms with Crippen LogP contribution in [0.15, 0.2) is 88.4 Å². The second-order valence-corrected chi connectivity index (χ2v) is 8.08. The SMILES string of the molecule is O=C(Cn1c(=O)cc(-c2nc(-c3ccncc3)no2)c2ccccc21)N1CCc2ccccc21. The Morgan fingerprint density at radius 3 is 2.68 bits per heavy atom. The molecule has 4 heterocycles. The van der Waals surface area contributed by atoms with E-state index >= 15 is 0 Å². The minimum absolute atomic E-state index is 0.0555. The Kier molecular flexibility index (Phi) is 4.76. The number of rotatable bonds is 4. The Bertz CT molecular complexity index is 1590. The number of hydrogen-bond donors (Lipinski definition) is 0. The van der Waals surface area contributed by atoms with Gasteiger partial charge in [-0.15, -0.1) is 0 Å². The van der Waals surface area contributed by atoms with E-state index in [9.17, 15) is 9.59 Å². The van der Waals surface area contributed by atoms with E-state index in [1.165, 1.54) is 10.6 Å². The number of amides is 1. The fourth-order valence-electron chi connectivity index (χ4n) is 4.44. The lowest BCUT2D eigenvalue weighted by molar-refractivity contribution is -0.119. The maximum Gasteiger partial charge on any atom is 0.259 e. The molecule has 0 unspecified atom stereocenters. The van der Waals surface area contributed by atoms with E-state index in [2.05, 4.69) is 15.1 Å². The molecule has 0 N–H and O–H groups in total. The summed E-state index contributed by atoms with van der Waals surface area (Å²) in [6.07, 6.45) is 4.11. The number of pyridine rings is 2. The summed E-state index contributed by atoms with van der Waals surface area (Å²) in [5.74, 6) is 0.531. The maximum absolute atomic E-state index is 13.2. The predicted octanol–water partition coefficient (Wildman–Crippen LogP) is 3.70. The van der Waals surface area contributed by atoms with Crippen LogP contribution in [0.2, 0.25) is 0 Å². The molecule has 0 aliphatic carbocycles. The zero-order chi connectivity index (χ0) is 23.1. The molecule has 0 saturated heterocycles. The van der Waals surface area contributed by atoms with Crippen LogP contribution in [-0.2, 0) is 17.8 Å². The normalized spacial score (nSPS) is 12.8. The summed E-state index contributed by atoms with van der Waals surface area (Å²) in [5, 5.41) is 4.81. The minimum atomic E-state index is -0.307. The maximum atomic E-state index is 13.2. The molecule has 0 radical (unpaired) electrons. The van der Waals surface area contributed by atoms with Gasteiger partial charge in [0, 0.05) is 41.6 Å². The van der Waals surface area contributed by atoms with E-state index in [4.69, 9.17) is 4.52 Å². The van der Waals surface area contributed by atoms with Crippen molar-refractivity contribution in [3.63, 3.8) is 0 Å². The van der Waals surface area contributed by atoms with Gasteiger partial charge < -0.3 is 9.42 Å². The van der Waals surface area contributed by atoms with E-state index in [1.807, 2.05) is 48.5 Å². The fraction of sp³-hybridized carbons (Fsp3) is 0.115. The molecular formula is C26H19N5O3. The van der Waals surface area contributed by atoms with Gasteiger partial charge in [-0.1, -0.05) is 41.6 Å². The van der Waals surface area contributed by atoms with Gasteiger partial charge in [-0.3, -0.25) is 19.1 Å². The Morgan fingerprint density at radius 1 is 1.00 bits per heavy atom. The first-order valence-corrected chi connectivity index (χ1v) is 10.9. The first-order chi connectivity index (χ1) is 16.7. The summed E-state index contributed by atoms with van der Waals surface area (Å²) >= 11 is 0. The Hall–Kier alpha value is -4.59. The Labute approximate surface area is 194 Å². The lowest BCUT2D eigenvalue weighted by Gasteiger charge is -2.19. The Morgan fingerprint density at radius 2 is 1.79 bits per heavy atom. The van der Waals surface area contributed by atoms with Crippen LogP contribution in [0.25, 0.3) is 33.7 Å². The second-order valence-electron chi connectivity index (χ2n) is 8.08. The van der Waals surface area contributed by atoms with Gasteiger partial charge in [0.25, 0.3) is 11.4 Å². The van der Waals surface area contributed by atoms with Crippen molar-refractivity contribution in [1.29, 1.82) is 0 Å².